The molecule has 3 heterocycles. The molecule has 6 aromatic carbocycles. The number of aromatic nitrogens is 3. The van der Waals surface area contributed by atoms with E-state index >= 15 is 0 Å². The third-order valence-corrected chi connectivity index (χ3v) is 11.0. The van der Waals surface area contributed by atoms with Gasteiger partial charge in [0.1, 0.15) is 0 Å². The zero-order valence-electron chi connectivity index (χ0n) is 36.4. The molecule has 0 saturated heterocycles. The van der Waals surface area contributed by atoms with Crippen molar-refractivity contribution < 1.29 is 24.2 Å². The van der Waals surface area contributed by atoms with Gasteiger partial charge in [0.25, 0.3) is 0 Å². The van der Waals surface area contributed by atoms with Crippen LogP contribution in [0.5, 0.6) is 0 Å². The number of hydrogen-bond acceptors (Lipinski definition) is 3. The molecule has 0 atom stereocenters. The van der Waals surface area contributed by atoms with Crippen molar-refractivity contribution in [2.24, 2.45) is 5.92 Å². The molecular weight excluding hydrogens is 903 g/mol. The van der Waals surface area contributed by atoms with E-state index in [4.69, 9.17) is 9.10 Å². The van der Waals surface area contributed by atoms with Crippen molar-refractivity contribution in [3.63, 3.8) is 0 Å². The molecule has 0 N–H and O–H groups in total. The van der Waals surface area contributed by atoms with Crippen LogP contribution in [0, 0.1) is 24.2 Å². The summed E-state index contributed by atoms with van der Waals surface area (Å²) in [6, 6.07) is 55.6. The number of rotatable bonds is 7. The van der Waals surface area contributed by atoms with Crippen molar-refractivity contribution >= 4 is 32.5 Å². The minimum absolute atomic E-state index is 0. The molecule has 0 amide bonds. The van der Waals surface area contributed by atoms with Crippen LogP contribution < -0.4 is 0 Å². The molecule has 5 heteroatoms. The molecule has 3 nitrogen and oxygen atoms in total. The van der Waals surface area contributed by atoms with Gasteiger partial charge in [0.15, 0.2) is 0 Å². The fourth-order valence-corrected chi connectivity index (χ4v) is 8.20. The molecule has 1 radical (unpaired) electrons. The van der Waals surface area contributed by atoms with Crippen molar-refractivity contribution in [2.75, 3.05) is 0 Å². The van der Waals surface area contributed by atoms with E-state index in [9.17, 15) is 0 Å². The maximum atomic E-state index is 7.23. The number of benzene rings is 6. The van der Waals surface area contributed by atoms with E-state index in [0.717, 1.165) is 45.8 Å². The van der Waals surface area contributed by atoms with Gasteiger partial charge in [0.2, 0.25) is 0 Å². The van der Waals surface area contributed by atoms with Crippen molar-refractivity contribution in [3.05, 3.63) is 186 Å². The number of hydrogen-bond donors (Lipinski definition) is 0. The Hall–Kier alpha value is -5.45. The summed E-state index contributed by atoms with van der Waals surface area (Å²) in [7, 11) is 0. The van der Waals surface area contributed by atoms with Crippen molar-refractivity contribution in [2.45, 2.75) is 53.3 Å². The third kappa shape index (κ3) is 8.68. The zero-order chi connectivity index (χ0) is 42.0. The minimum atomic E-state index is -2.09. The van der Waals surface area contributed by atoms with Crippen molar-refractivity contribution in [1.82, 2.24) is 14.5 Å². The number of aryl methyl sites for hydroxylation is 1. The maximum absolute atomic E-state index is 7.23. The number of imidazole rings is 1. The molecule has 9 aromatic rings. The van der Waals surface area contributed by atoms with Gasteiger partial charge in [-0.3, -0.25) is 16.3 Å². The van der Waals surface area contributed by atoms with E-state index in [2.05, 4.69) is 171 Å². The Morgan fingerprint density at radius 3 is 2.03 bits per heavy atom. The maximum Gasteiger partial charge on any atom is 0.0774 e. The van der Waals surface area contributed by atoms with Crippen molar-refractivity contribution in [1.29, 1.82) is 0 Å². The van der Waals surface area contributed by atoms with Crippen LogP contribution in [0.2, 0.25) is 0 Å². The average Bonchev–Trinajstić information content (AvgIpc) is 3.85. The molecule has 3 aromatic heterocycles. The molecule has 0 spiro atoms. The number of nitrogens with zero attached hydrogens (tertiary/aromatic N) is 3. The molecule has 0 aliphatic rings. The second-order valence-corrected chi connectivity index (χ2v) is 16.7. The summed E-state index contributed by atoms with van der Waals surface area (Å²) in [6.45, 7) is 9.35. The van der Waals surface area contributed by atoms with Crippen LogP contribution >= 0.6 is 11.3 Å². The largest absolute Gasteiger partial charge is 0.332 e. The monoisotopic (exact) mass is 953 g/mol. The number of fused-ring (bicyclic) bond motifs is 2. The summed E-state index contributed by atoms with van der Waals surface area (Å²) < 4.78 is 25.4. The van der Waals surface area contributed by atoms with Gasteiger partial charge in [0.05, 0.1) is 22.5 Å². The van der Waals surface area contributed by atoms with E-state index in [1.807, 2.05) is 18.2 Å². The van der Waals surface area contributed by atoms with Crippen LogP contribution in [-0.4, -0.2) is 14.5 Å². The third-order valence-electron chi connectivity index (χ3n) is 10.1. The Balaban J connectivity index is 0.000000278. The van der Waals surface area contributed by atoms with Gasteiger partial charge in [-0.15, -0.1) is 47.3 Å². The Morgan fingerprint density at radius 2 is 1.43 bits per heavy atom. The molecule has 58 heavy (non-hydrogen) atoms. The van der Waals surface area contributed by atoms with Gasteiger partial charge in [-0.05, 0) is 76.8 Å². The molecule has 291 valence electrons. The number of para-hydroxylation sites is 2. The molecule has 0 aliphatic heterocycles. The summed E-state index contributed by atoms with van der Waals surface area (Å²) >= 11 is 1.69. The predicted octanol–water partition coefficient (Wildman–Crippen LogP) is 14.4. The van der Waals surface area contributed by atoms with Gasteiger partial charge < -0.3 is 9.55 Å². The Bertz CT molecular complexity index is 2820. The van der Waals surface area contributed by atoms with Gasteiger partial charge in [0, 0.05) is 41.5 Å². The Morgan fingerprint density at radius 1 is 0.759 bits per heavy atom. The molecule has 0 bridgehead atoms. The zero-order valence-corrected chi connectivity index (χ0v) is 36.6. The van der Waals surface area contributed by atoms with Crippen LogP contribution in [0.4, 0.5) is 0 Å². The predicted molar refractivity (Wildman–Crippen MR) is 242 cm³/mol. The average molecular weight is 953 g/mol. The Kier molecular flexibility index (Phi) is 11.2. The summed E-state index contributed by atoms with van der Waals surface area (Å²) in [4.78, 5) is 9.46. The normalized spacial score (nSPS) is 12.3. The summed E-state index contributed by atoms with van der Waals surface area (Å²) in [6.07, 6.45) is 2.46. The van der Waals surface area contributed by atoms with Gasteiger partial charge in [-0.25, -0.2) is 0 Å². The summed E-state index contributed by atoms with van der Waals surface area (Å²) in [5, 5.41) is 4.90. The molecule has 0 saturated carbocycles. The number of thiophene rings is 1. The second kappa shape index (κ2) is 17.6. The van der Waals surface area contributed by atoms with E-state index in [1.54, 1.807) is 29.5 Å². The summed E-state index contributed by atoms with van der Waals surface area (Å²) in [5.41, 5.74) is 13.5. The van der Waals surface area contributed by atoms with Crippen LogP contribution in [0.3, 0.4) is 0 Å². The first-order valence-electron chi connectivity index (χ1n) is 21.0. The quantitative estimate of drug-likeness (QED) is 0.149. The standard InChI is InChI=1S/C41H37N2S.C12H10N.Ir/c1-27(2)22-28-20-21-32-35(26-44-38(32)23-28)40-42-36-18-12-13-19-37(36)43(40)39-33(29-14-8-6-9-15-29)24-31(41(3,4)5)25-34(39)30-16-10-7-11-17-30;1-10-7-8-12(13-9-10)11-5-3-2-4-6-11;/h6-21,23-25,27H,22H2,1-5H3;2-5,7-9H,1H3;/q2*-1;/i;1D3;. The molecule has 0 unspecified atom stereocenters. The van der Waals surface area contributed by atoms with Gasteiger partial charge in [-0.2, -0.15) is 0 Å². The van der Waals surface area contributed by atoms with Crippen LogP contribution in [0.25, 0.3) is 71.7 Å². The van der Waals surface area contributed by atoms with Gasteiger partial charge >= 0.3 is 0 Å². The van der Waals surface area contributed by atoms with E-state index in [0.29, 0.717) is 5.92 Å². The molecule has 0 aliphatic carbocycles. The molecular formula is C53H47IrN3S-2. The SMILES string of the molecule is CC(C)Cc1ccc2c(-c3nc4ccccc4n3-c3c(-c4ccccc4)cc(C(C)(C)C)cc3-c3ccccc3)[c-]sc2c1.[2H]C([2H])([2H])c1ccc(-c2[c-]cccc2)nc1.[Ir]. The fourth-order valence-electron chi connectivity index (χ4n) is 7.29. The van der Waals surface area contributed by atoms with Crippen LogP contribution in [0.15, 0.2) is 158 Å². The fraction of sp³-hybridized carbons (Fsp3) is 0.170. The van der Waals surface area contributed by atoms with E-state index in [1.165, 1.54) is 49.7 Å². The Labute approximate surface area is 365 Å². The molecule has 0 fully saturated rings. The molecule has 9 rings (SSSR count). The van der Waals surface area contributed by atoms with E-state index < -0.39 is 6.85 Å². The summed E-state index contributed by atoms with van der Waals surface area (Å²) in [5.74, 6) is 1.54. The first-order valence-corrected chi connectivity index (χ1v) is 20.3. The van der Waals surface area contributed by atoms with Crippen molar-refractivity contribution in [3.8, 4) is 50.6 Å². The number of pyridine rings is 1. The minimum Gasteiger partial charge on any atom is -0.332 e. The first-order chi connectivity index (χ1) is 28.8. The second-order valence-electron chi connectivity index (χ2n) is 15.9. The first kappa shape index (κ1) is 36.9. The smallest absolute Gasteiger partial charge is 0.0774 e. The van der Waals surface area contributed by atoms with Crippen LogP contribution in [-0.2, 0) is 31.9 Å². The topological polar surface area (TPSA) is 30.7 Å². The van der Waals surface area contributed by atoms with Gasteiger partial charge in [-0.1, -0.05) is 153 Å². The van der Waals surface area contributed by atoms with E-state index in [-0.39, 0.29) is 31.1 Å². The van der Waals surface area contributed by atoms with Crippen LogP contribution in [0.1, 0.15) is 55.4 Å².